The highest BCUT2D eigenvalue weighted by Gasteiger charge is 2.35. The summed E-state index contributed by atoms with van der Waals surface area (Å²) in [6.45, 7) is 3.21. The van der Waals surface area contributed by atoms with Gasteiger partial charge in [0.05, 0.1) is 22.7 Å². The average molecular weight is 703 g/mol. The number of sulfonamides is 1. The highest BCUT2D eigenvalue weighted by molar-refractivity contribution is 7.92. The summed E-state index contributed by atoms with van der Waals surface area (Å²) >= 11 is 19.1. The topological polar surface area (TPSA) is 96.0 Å². The maximum Gasteiger partial charge on any atom is 0.264 e. The molecule has 0 bridgehead atoms. The van der Waals surface area contributed by atoms with E-state index in [1.165, 1.54) is 42.3 Å². The van der Waals surface area contributed by atoms with Crippen LogP contribution in [0.4, 0.5) is 5.69 Å². The van der Waals surface area contributed by atoms with Crippen molar-refractivity contribution in [1.29, 1.82) is 0 Å². The molecule has 0 saturated heterocycles. The lowest BCUT2D eigenvalue weighted by Crippen LogP contribution is -2.53. The molecule has 0 aliphatic heterocycles. The molecule has 2 amide bonds. The number of amides is 2. The number of hydrogen-bond donors (Lipinski definition) is 1. The minimum Gasteiger partial charge on any atom is -0.495 e. The second-order valence-corrected chi connectivity index (χ2v) is 13.6. The van der Waals surface area contributed by atoms with Gasteiger partial charge >= 0.3 is 0 Å². The first-order chi connectivity index (χ1) is 21.9. The molecule has 12 heteroatoms. The highest BCUT2D eigenvalue weighted by atomic mass is 35.5. The Balaban J connectivity index is 1.84. The van der Waals surface area contributed by atoms with E-state index in [1.807, 2.05) is 37.3 Å². The van der Waals surface area contributed by atoms with Gasteiger partial charge in [0.2, 0.25) is 11.8 Å². The molecule has 0 radical (unpaired) electrons. The van der Waals surface area contributed by atoms with E-state index < -0.39 is 34.4 Å². The number of likely N-dealkylation sites (N-methyl/N-ethyl adjacent to an activating group) is 1. The average Bonchev–Trinajstić information content (AvgIpc) is 3.03. The van der Waals surface area contributed by atoms with Gasteiger partial charge in [-0.25, -0.2) is 8.42 Å². The van der Waals surface area contributed by atoms with Gasteiger partial charge in [0, 0.05) is 29.6 Å². The van der Waals surface area contributed by atoms with Crippen LogP contribution in [0.25, 0.3) is 0 Å². The van der Waals surface area contributed by atoms with Crippen LogP contribution in [0.3, 0.4) is 0 Å². The third-order valence-corrected chi connectivity index (χ3v) is 9.96. The van der Waals surface area contributed by atoms with Gasteiger partial charge in [0.15, 0.2) is 0 Å². The SMILES string of the molecule is CCNC(=O)[C@H](Cc1ccccc1)N(Cc1ccc(Cl)cc1Cl)C(=O)CN(c1ccc(OC)c(Cl)c1)S(=O)(=O)c1ccc(C)cc1. The van der Waals surface area contributed by atoms with Gasteiger partial charge in [-0.1, -0.05) is 88.9 Å². The summed E-state index contributed by atoms with van der Waals surface area (Å²) in [4.78, 5) is 29.5. The number of anilines is 1. The molecule has 1 atom stereocenters. The summed E-state index contributed by atoms with van der Waals surface area (Å²) < 4.78 is 34.6. The zero-order chi connectivity index (χ0) is 33.4. The Kier molecular flexibility index (Phi) is 12.0. The predicted octanol–water partition coefficient (Wildman–Crippen LogP) is 6.94. The number of nitrogens with one attached hydrogen (secondary N) is 1. The van der Waals surface area contributed by atoms with Gasteiger partial charge in [-0.15, -0.1) is 0 Å². The molecule has 0 spiro atoms. The minimum atomic E-state index is -4.30. The van der Waals surface area contributed by atoms with Crippen molar-refractivity contribution < 1.29 is 22.7 Å². The van der Waals surface area contributed by atoms with Gasteiger partial charge in [0.1, 0.15) is 18.3 Å². The predicted molar refractivity (Wildman–Crippen MR) is 183 cm³/mol. The number of hydrogen-bond acceptors (Lipinski definition) is 5. The summed E-state index contributed by atoms with van der Waals surface area (Å²) in [5, 5.41) is 3.69. The van der Waals surface area contributed by atoms with Crippen molar-refractivity contribution in [2.75, 3.05) is 24.5 Å². The van der Waals surface area contributed by atoms with Crippen LogP contribution in [0, 0.1) is 6.92 Å². The molecule has 46 heavy (non-hydrogen) atoms. The number of benzene rings is 4. The number of aryl methyl sites for hydroxylation is 1. The van der Waals surface area contributed by atoms with E-state index in [1.54, 1.807) is 37.3 Å². The van der Waals surface area contributed by atoms with Crippen LogP contribution in [0.1, 0.15) is 23.6 Å². The molecule has 8 nitrogen and oxygen atoms in total. The van der Waals surface area contributed by atoms with Crippen LogP contribution in [0.2, 0.25) is 15.1 Å². The van der Waals surface area contributed by atoms with Crippen molar-refractivity contribution in [3.05, 3.63) is 123 Å². The van der Waals surface area contributed by atoms with E-state index in [4.69, 9.17) is 39.5 Å². The number of methoxy groups -OCH3 is 1. The number of nitrogens with zero attached hydrogens (tertiary/aromatic N) is 2. The highest BCUT2D eigenvalue weighted by Crippen LogP contribution is 2.33. The molecule has 0 fully saturated rings. The second-order valence-electron chi connectivity index (χ2n) is 10.5. The Bertz CT molecular complexity index is 1790. The first-order valence-corrected chi connectivity index (χ1v) is 17.0. The first kappa shape index (κ1) is 35.1. The monoisotopic (exact) mass is 701 g/mol. The van der Waals surface area contributed by atoms with Crippen molar-refractivity contribution in [3.63, 3.8) is 0 Å². The van der Waals surface area contributed by atoms with Crippen molar-refractivity contribution in [2.45, 2.75) is 37.8 Å². The fourth-order valence-corrected chi connectivity index (χ4v) is 6.98. The fourth-order valence-electron chi connectivity index (χ4n) is 4.86. The fraction of sp³-hybridized carbons (Fsp3) is 0.235. The van der Waals surface area contributed by atoms with Crippen molar-refractivity contribution in [3.8, 4) is 5.75 Å². The molecule has 4 aromatic carbocycles. The van der Waals surface area contributed by atoms with Crippen molar-refractivity contribution in [1.82, 2.24) is 10.2 Å². The zero-order valence-corrected chi connectivity index (χ0v) is 28.6. The van der Waals surface area contributed by atoms with Crippen molar-refractivity contribution in [2.24, 2.45) is 0 Å². The van der Waals surface area contributed by atoms with E-state index >= 15 is 0 Å². The quantitative estimate of drug-likeness (QED) is 0.163. The maximum atomic E-state index is 14.5. The largest absolute Gasteiger partial charge is 0.495 e. The molecule has 0 aliphatic carbocycles. The van der Waals surface area contributed by atoms with E-state index in [-0.39, 0.29) is 28.6 Å². The van der Waals surface area contributed by atoms with Gasteiger partial charge in [0.25, 0.3) is 10.0 Å². The number of halogens is 3. The van der Waals surface area contributed by atoms with Crippen LogP contribution in [-0.2, 0) is 32.6 Å². The first-order valence-electron chi connectivity index (χ1n) is 14.4. The van der Waals surface area contributed by atoms with Gasteiger partial charge in [-0.3, -0.25) is 13.9 Å². The summed E-state index contributed by atoms with van der Waals surface area (Å²) in [6.07, 6.45) is 0.169. The molecule has 0 aromatic heterocycles. The molecular formula is C34H34Cl3N3O5S. The molecule has 0 saturated carbocycles. The van der Waals surface area contributed by atoms with Gasteiger partial charge in [-0.05, 0) is 67.4 Å². The lowest BCUT2D eigenvalue weighted by molar-refractivity contribution is -0.140. The van der Waals surface area contributed by atoms with Crippen LogP contribution >= 0.6 is 34.8 Å². The summed E-state index contributed by atoms with van der Waals surface area (Å²) in [5.74, 6) is -0.700. The molecule has 0 aliphatic rings. The number of carbonyl (C=O) groups excluding carboxylic acids is 2. The van der Waals surface area contributed by atoms with E-state index in [2.05, 4.69) is 5.32 Å². The Labute approximate surface area is 284 Å². The lowest BCUT2D eigenvalue weighted by atomic mass is 10.0. The summed E-state index contributed by atoms with van der Waals surface area (Å²) in [6, 6.07) is 23.9. The third-order valence-electron chi connectivity index (χ3n) is 7.29. The second kappa shape index (κ2) is 15.7. The molecule has 1 N–H and O–H groups in total. The summed E-state index contributed by atoms with van der Waals surface area (Å²) in [7, 11) is -2.85. The Morgan fingerprint density at radius 1 is 0.891 bits per heavy atom. The minimum absolute atomic E-state index is 0.0188. The van der Waals surface area contributed by atoms with E-state index in [9.17, 15) is 18.0 Å². The van der Waals surface area contributed by atoms with E-state index in [0.717, 1.165) is 15.4 Å². The van der Waals surface area contributed by atoms with Crippen LogP contribution in [0.5, 0.6) is 5.75 Å². The molecule has 4 aromatic rings. The normalized spacial score (nSPS) is 11.9. The Morgan fingerprint density at radius 2 is 1.59 bits per heavy atom. The van der Waals surface area contributed by atoms with Crippen molar-refractivity contribution >= 4 is 62.3 Å². The smallest absolute Gasteiger partial charge is 0.264 e. The van der Waals surface area contributed by atoms with Gasteiger partial charge in [-0.2, -0.15) is 0 Å². The number of ether oxygens (including phenoxy) is 1. The third kappa shape index (κ3) is 8.53. The molecule has 242 valence electrons. The van der Waals surface area contributed by atoms with Crippen LogP contribution in [0.15, 0.2) is 95.9 Å². The standard InChI is InChI=1S/C34H34Cl3N3O5S/c1-4-38-34(42)31(18-24-8-6-5-7-9-24)39(21-25-12-13-26(35)19-29(25)36)33(41)22-40(27-14-17-32(45-3)30(37)20-27)46(43,44)28-15-10-23(2)11-16-28/h5-17,19-20,31H,4,18,21-22H2,1-3H3,(H,38,42)/t31-/m0/s1. The molecular weight excluding hydrogens is 669 g/mol. The molecule has 4 rings (SSSR count). The van der Waals surface area contributed by atoms with E-state index in [0.29, 0.717) is 27.9 Å². The number of rotatable bonds is 13. The van der Waals surface area contributed by atoms with Gasteiger partial charge < -0.3 is 15.0 Å². The van der Waals surface area contributed by atoms with Crippen LogP contribution < -0.4 is 14.4 Å². The summed E-state index contributed by atoms with van der Waals surface area (Å²) in [5.41, 5.74) is 2.35. The maximum absolute atomic E-state index is 14.5. The molecule has 0 unspecified atom stereocenters. The Morgan fingerprint density at radius 3 is 2.20 bits per heavy atom. The Hall–Kier alpha value is -3.76. The van der Waals surface area contributed by atoms with Crippen LogP contribution in [-0.4, -0.2) is 51.4 Å². The zero-order valence-electron chi connectivity index (χ0n) is 25.5. The lowest BCUT2D eigenvalue weighted by Gasteiger charge is -2.34. The number of carbonyl (C=O) groups is 2. The molecule has 0 heterocycles.